The summed E-state index contributed by atoms with van der Waals surface area (Å²) in [4.78, 5) is 25.5. The van der Waals surface area contributed by atoms with Crippen molar-refractivity contribution < 1.29 is 14.0 Å². The first-order chi connectivity index (χ1) is 8.04. The highest BCUT2D eigenvalue weighted by molar-refractivity contribution is 6.07. The van der Waals surface area contributed by atoms with Crippen molar-refractivity contribution in [2.75, 3.05) is 13.6 Å². The van der Waals surface area contributed by atoms with Gasteiger partial charge in [0.05, 0.1) is 0 Å². The Morgan fingerprint density at radius 3 is 2.82 bits per heavy atom. The van der Waals surface area contributed by atoms with Gasteiger partial charge >= 0.3 is 0 Å². The van der Waals surface area contributed by atoms with E-state index >= 15 is 0 Å². The molecule has 88 valence electrons. The van der Waals surface area contributed by atoms with Crippen molar-refractivity contribution in [3.05, 3.63) is 35.1 Å². The second-order valence-corrected chi connectivity index (χ2v) is 4.53. The molecular weight excluding hydrogens is 223 g/mol. The van der Waals surface area contributed by atoms with Crippen LogP contribution in [0, 0.1) is 5.82 Å². The number of likely N-dealkylation sites (tertiary alicyclic amines) is 1. The molecule has 1 N–H and O–H groups in total. The monoisotopic (exact) mass is 234 g/mol. The quantitative estimate of drug-likeness (QED) is 0.715. The first kappa shape index (κ1) is 10.3. The van der Waals surface area contributed by atoms with Crippen LogP contribution in [0.2, 0.25) is 0 Å². The molecule has 1 unspecified atom stereocenters. The Morgan fingerprint density at radius 2 is 2.18 bits per heavy atom. The van der Waals surface area contributed by atoms with Crippen molar-refractivity contribution in [2.45, 2.75) is 12.0 Å². The van der Waals surface area contributed by atoms with Crippen LogP contribution in [-0.4, -0.2) is 30.3 Å². The van der Waals surface area contributed by atoms with E-state index in [9.17, 15) is 14.0 Å². The van der Waals surface area contributed by atoms with E-state index < -0.39 is 11.4 Å². The minimum atomic E-state index is -0.963. The molecule has 5 heteroatoms. The minimum Gasteiger partial charge on any atom is -0.343 e. The third-order valence-electron chi connectivity index (χ3n) is 3.55. The van der Waals surface area contributed by atoms with Gasteiger partial charge in [-0.15, -0.1) is 0 Å². The number of nitrogens with zero attached hydrogens (tertiary/aromatic N) is 1. The van der Waals surface area contributed by atoms with Crippen LogP contribution >= 0.6 is 0 Å². The summed E-state index contributed by atoms with van der Waals surface area (Å²) in [5, 5.41) is 2.71. The van der Waals surface area contributed by atoms with Crippen LogP contribution in [-0.2, 0) is 10.3 Å². The average Bonchev–Trinajstić information content (AvgIpc) is 2.73. The van der Waals surface area contributed by atoms with Gasteiger partial charge in [0.1, 0.15) is 11.4 Å². The van der Waals surface area contributed by atoms with Crippen LogP contribution in [0.1, 0.15) is 22.3 Å². The number of nitrogens with one attached hydrogen (secondary N) is 1. The van der Waals surface area contributed by atoms with Crippen molar-refractivity contribution in [3.63, 3.8) is 0 Å². The fraction of sp³-hybridized carbons (Fsp3) is 0.333. The molecule has 1 fully saturated rings. The first-order valence-electron chi connectivity index (χ1n) is 5.43. The third-order valence-corrected chi connectivity index (χ3v) is 3.55. The van der Waals surface area contributed by atoms with Crippen LogP contribution < -0.4 is 5.32 Å². The van der Waals surface area contributed by atoms with Gasteiger partial charge in [0, 0.05) is 25.6 Å². The Kier molecular flexibility index (Phi) is 1.85. The van der Waals surface area contributed by atoms with Crippen molar-refractivity contribution >= 4 is 11.8 Å². The van der Waals surface area contributed by atoms with E-state index in [0.717, 1.165) is 0 Å². The topological polar surface area (TPSA) is 49.4 Å². The van der Waals surface area contributed by atoms with Crippen molar-refractivity contribution in [2.24, 2.45) is 0 Å². The molecule has 0 aliphatic carbocycles. The summed E-state index contributed by atoms with van der Waals surface area (Å²) in [6.07, 6.45) is 0.534. The highest BCUT2D eigenvalue weighted by Gasteiger charge is 2.53. The lowest BCUT2D eigenvalue weighted by Gasteiger charge is -2.22. The van der Waals surface area contributed by atoms with Crippen LogP contribution in [0.3, 0.4) is 0 Å². The Labute approximate surface area is 97.4 Å². The van der Waals surface area contributed by atoms with Crippen molar-refractivity contribution in [1.29, 1.82) is 0 Å². The molecule has 1 atom stereocenters. The summed E-state index contributed by atoms with van der Waals surface area (Å²) in [6, 6.07) is 4.00. The molecule has 2 aliphatic rings. The molecular formula is C12H11FN2O2. The van der Waals surface area contributed by atoms with E-state index in [2.05, 4.69) is 5.32 Å². The molecule has 2 aliphatic heterocycles. The lowest BCUT2D eigenvalue weighted by Crippen LogP contribution is -2.45. The highest BCUT2D eigenvalue weighted by atomic mass is 19.1. The fourth-order valence-electron chi connectivity index (χ4n) is 2.64. The Morgan fingerprint density at radius 1 is 1.41 bits per heavy atom. The lowest BCUT2D eigenvalue weighted by atomic mass is 9.89. The standard InChI is InChI=1S/C12H11FN2O2/c1-15-5-4-12(11(15)17)9-3-2-7(13)6-8(9)10(16)14-12/h2-3,6H,4-5H2,1H3,(H,14,16). The minimum absolute atomic E-state index is 0.129. The molecule has 17 heavy (non-hydrogen) atoms. The van der Waals surface area contributed by atoms with E-state index in [1.165, 1.54) is 18.2 Å². The number of benzene rings is 1. The zero-order chi connectivity index (χ0) is 12.2. The molecule has 4 nitrogen and oxygen atoms in total. The van der Waals surface area contributed by atoms with Crippen LogP contribution in [0.15, 0.2) is 18.2 Å². The van der Waals surface area contributed by atoms with E-state index in [0.29, 0.717) is 18.5 Å². The van der Waals surface area contributed by atoms with Gasteiger partial charge in [0.25, 0.3) is 11.8 Å². The number of amides is 2. The summed E-state index contributed by atoms with van der Waals surface area (Å²) in [5.74, 6) is -0.964. The molecule has 0 bridgehead atoms. The van der Waals surface area contributed by atoms with E-state index in [4.69, 9.17) is 0 Å². The second kappa shape index (κ2) is 3.06. The SMILES string of the molecule is CN1CCC2(NC(=O)c3cc(F)ccc32)C1=O. The predicted molar refractivity (Wildman–Crippen MR) is 57.8 cm³/mol. The third kappa shape index (κ3) is 1.16. The molecule has 0 saturated carbocycles. The second-order valence-electron chi connectivity index (χ2n) is 4.53. The van der Waals surface area contributed by atoms with E-state index in [-0.39, 0.29) is 17.4 Å². The number of fused-ring (bicyclic) bond motifs is 2. The number of rotatable bonds is 0. The average molecular weight is 234 g/mol. The number of halogens is 1. The molecule has 2 amide bonds. The summed E-state index contributed by atoms with van der Waals surface area (Å²) < 4.78 is 13.1. The first-order valence-corrected chi connectivity index (χ1v) is 5.43. The Bertz CT molecular complexity index is 543. The molecule has 0 aromatic heterocycles. The van der Waals surface area contributed by atoms with Gasteiger partial charge in [-0.05, 0) is 17.7 Å². The number of hydrogen-bond donors (Lipinski definition) is 1. The molecule has 2 heterocycles. The summed E-state index contributed by atoms with van der Waals surface area (Å²) in [6.45, 7) is 0.593. The van der Waals surface area contributed by atoms with Gasteiger partial charge in [-0.2, -0.15) is 0 Å². The number of carbonyl (C=O) groups excluding carboxylic acids is 2. The maximum atomic E-state index is 13.1. The highest BCUT2D eigenvalue weighted by Crippen LogP contribution is 2.39. The number of carbonyl (C=O) groups is 2. The fourth-order valence-corrected chi connectivity index (χ4v) is 2.64. The molecule has 1 aromatic rings. The predicted octanol–water partition coefficient (Wildman–Crippen LogP) is 0.626. The van der Waals surface area contributed by atoms with Gasteiger partial charge in [-0.1, -0.05) is 6.07 Å². The molecule has 1 spiro atoms. The van der Waals surface area contributed by atoms with Gasteiger partial charge in [-0.3, -0.25) is 9.59 Å². The largest absolute Gasteiger partial charge is 0.343 e. The van der Waals surface area contributed by atoms with Gasteiger partial charge in [-0.25, -0.2) is 4.39 Å². The van der Waals surface area contributed by atoms with Crippen LogP contribution in [0.5, 0.6) is 0 Å². The molecule has 1 saturated heterocycles. The molecule has 3 rings (SSSR count). The number of likely N-dealkylation sites (N-methyl/N-ethyl adjacent to an activating group) is 1. The summed E-state index contributed by atoms with van der Waals surface area (Å²) in [7, 11) is 1.70. The zero-order valence-electron chi connectivity index (χ0n) is 9.29. The smallest absolute Gasteiger partial charge is 0.252 e. The van der Waals surface area contributed by atoms with Gasteiger partial charge < -0.3 is 10.2 Å². The molecule has 1 aromatic carbocycles. The summed E-state index contributed by atoms with van der Waals surface area (Å²) in [5.41, 5.74) is -0.0959. The maximum absolute atomic E-state index is 13.1. The lowest BCUT2D eigenvalue weighted by molar-refractivity contribution is -0.131. The maximum Gasteiger partial charge on any atom is 0.252 e. The Balaban J connectivity index is 2.20. The number of hydrogen-bond acceptors (Lipinski definition) is 2. The Hall–Kier alpha value is -1.91. The van der Waals surface area contributed by atoms with Crippen molar-refractivity contribution in [1.82, 2.24) is 10.2 Å². The van der Waals surface area contributed by atoms with E-state index in [1.807, 2.05) is 0 Å². The zero-order valence-corrected chi connectivity index (χ0v) is 9.29. The van der Waals surface area contributed by atoms with Gasteiger partial charge in [0.15, 0.2) is 0 Å². The van der Waals surface area contributed by atoms with E-state index in [1.54, 1.807) is 11.9 Å². The molecule has 0 radical (unpaired) electrons. The van der Waals surface area contributed by atoms with Gasteiger partial charge in [0.2, 0.25) is 0 Å². The van der Waals surface area contributed by atoms with Crippen LogP contribution in [0.4, 0.5) is 4.39 Å². The van der Waals surface area contributed by atoms with Crippen molar-refractivity contribution in [3.8, 4) is 0 Å². The summed E-state index contributed by atoms with van der Waals surface area (Å²) >= 11 is 0. The van der Waals surface area contributed by atoms with Crippen LogP contribution in [0.25, 0.3) is 0 Å². The normalized spacial score (nSPS) is 26.6.